The van der Waals surface area contributed by atoms with Gasteiger partial charge in [-0.1, -0.05) is 0 Å². The minimum absolute atomic E-state index is 0.126. The number of likely N-dealkylation sites (tertiary alicyclic amines) is 1. The molecule has 3 heterocycles. The van der Waals surface area contributed by atoms with Crippen molar-refractivity contribution in [2.24, 2.45) is 0 Å². The fourth-order valence-corrected chi connectivity index (χ4v) is 4.05. The van der Waals surface area contributed by atoms with Crippen LogP contribution in [0.1, 0.15) is 40.5 Å². The third-order valence-corrected chi connectivity index (χ3v) is 5.55. The van der Waals surface area contributed by atoms with E-state index in [1.807, 2.05) is 29.3 Å². The zero-order chi connectivity index (χ0) is 18.8. The molecule has 1 fully saturated rings. The van der Waals surface area contributed by atoms with Gasteiger partial charge in [-0.05, 0) is 50.7 Å². The van der Waals surface area contributed by atoms with E-state index in [0.29, 0.717) is 12.5 Å². The number of rotatable bonds is 5. The number of amides is 1. The van der Waals surface area contributed by atoms with Crippen molar-refractivity contribution in [3.63, 3.8) is 0 Å². The van der Waals surface area contributed by atoms with Crippen LogP contribution in [-0.4, -0.2) is 65.6 Å². The van der Waals surface area contributed by atoms with E-state index in [2.05, 4.69) is 34.7 Å². The monoisotopic (exact) mass is 368 g/mol. The number of imidazole rings is 1. The van der Waals surface area contributed by atoms with Crippen LogP contribution in [0.25, 0.3) is 0 Å². The van der Waals surface area contributed by atoms with E-state index < -0.39 is 0 Å². The maximum atomic E-state index is 13.1. The molecular weight excluding hydrogens is 340 g/mol. The minimum atomic E-state index is 0.126. The van der Waals surface area contributed by atoms with Crippen LogP contribution in [0.15, 0.2) is 30.6 Å². The molecule has 2 aromatic rings. The van der Waals surface area contributed by atoms with E-state index in [1.165, 1.54) is 0 Å². The van der Waals surface area contributed by atoms with Crippen LogP contribution in [0.3, 0.4) is 0 Å². The van der Waals surface area contributed by atoms with Gasteiger partial charge in [0.1, 0.15) is 11.6 Å². The highest BCUT2D eigenvalue weighted by molar-refractivity contribution is 5.94. The van der Waals surface area contributed by atoms with Crippen molar-refractivity contribution in [3.05, 3.63) is 47.5 Å². The van der Waals surface area contributed by atoms with E-state index in [0.717, 1.165) is 68.1 Å². The van der Waals surface area contributed by atoms with Gasteiger partial charge in [0, 0.05) is 56.5 Å². The van der Waals surface area contributed by atoms with Crippen molar-refractivity contribution in [3.8, 4) is 5.75 Å². The molecule has 1 saturated heterocycles. The Kier molecular flexibility index (Phi) is 5.16. The summed E-state index contributed by atoms with van der Waals surface area (Å²) >= 11 is 0. The van der Waals surface area contributed by atoms with Crippen molar-refractivity contribution in [2.75, 3.05) is 40.3 Å². The minimum Gasteiger partial charge on any atom is -0.493 e. The number of fused-ring (bicyclic) bond motifs is 1. The van der Waals surface area contributed by atoms with Crippen LogP contribution in [0.5, 0.6) is 5.75 Å². The van der Waals surface area contributed by atoms with Crippen molar-refractivity contribution >= 4 is 5.91 Å². The maximum absolute atomic E-state index is 13.1. The van der Waals surface area contributed by atoms with Gasteiger partial charge in [-0.15, -0.1) is 0 Å². The molecule has 4 rings (SSSR count). The lowest BCUT2D eigenvalue weighted by molar-refractivity contribution is 0.0703. The molecule has 1 aromatic heterocycles. The molecule has 0 saturated carbocycles. The topological polar surface area (TPSA) is 50.6 Å². The number of aromatic nitrogens is 2. The zero-order valence-corrected chi connectivity index (χ0v) is 16.2. The normalized spacial score (nSPS) is 19.2. The average Bonchev–Trinajstić information content (AvgIpc) is 3.34. The number of carbonyl (C=O) groups is 1. The Balaban J connectivity index is 1.47. The zero-order valence-electron chi connectivity index (χ0n) is 16.2. The summed E-state index contributed by atoms with van der Waals surface area (Å²) in [4.78, 5) is 21.9. The largest absolute Gasteiger partial charge is 0.493 e. The molecule has 0 N–H and O–H groups in total. The van der Waals surface area contributed by atoms with E-state index >= 15 is 0 Å². The van der Waals surface area contributed by atoms with Crippen molar-refractivity contribution < 1.29 is 9.53 Å². The van der Waals surface area contributed by atoms with Crippen molar-refractivity contribution in [1.82, 2.24) is 19.4 Å². The molecule has 0 aliphatic carbocycles. The highest BCUT2D eigenvalue weighted by atomic mass is 16.5. The van der Waals surface area contributed by atoms with Crippen molar-refractivity contribution in [1.29, 1.82) is 0 Å². The molecule has 2 aliphatic heterocycles. The number of piperidine rings is 1. The van der Waals surface area contributed by atoms with Gasteiger partial charge in [-0.3, -0.25) is 4.79 Å². The van der Waals surface area contributed by atoms with Gasteiger partial charge in [0.05, 0.1) is 6.61 Å². The molecule has 144 valence electrons. The standard InChI is InChI=1S/C21H28N4O2/c1-23(2)11-12-24-10-8-22-20(24)18-4-3-9-25(15-18)21(26)17-5-6-19-16(14-17)7-13-27-19/h5-6,8,10,14,18H,3-4,7,9,11-13,15H2,1-2H3. The highest BCUT2D eigenvalue weighted by Crippen LogP contribution is 2.29. The van der Waals surface area contributed by atoms with Crippen LogP contribution in [0.4, 0.5) is 0 Å². The SMILES string of the molecule is CN(C)CCn1ccnc1C1CCCN(C(=O)c2ccc3c(c2)CCO3)C1. The summed E-state index contributed by atoms with van der Waals surface area (Å²) in [6.07, 6.45) is 6.93. The summed E-state index contributed by atoms with van der Waals surface area (Å²) in [5.74, 6) is 2.46. The second-order valence-corrected chi connectivity index (χ2v) is 7.79. The molecule has 6 heteroatoms. The number of likely N-dealkylation sites (N-methyl/N-ethyl adjacent to an activating group) is 1. The molecule has 1 atom stereocenters. The van der Waals surface area contributed by atoms with E-state index in [9.17, 15) is 4.79 Å². The predicted octanol–water partition coefficient (Wildman–Crippen LogP) is 2.40. The molecule has 0 spiro atoms. The molecule has 1 amide bonds. The number of carbonyl (C=O) groups excluding carboxylic acids is 1. The van der Waals surface area contributed by atoms with E-state index in [4.69, 9.17) is 4.74 Å². The fraction of sp³-hybridized carbons (Fsp3) is 0.524. The molecule has 1 aromatic carbocycles. The van der Waals surface area contributed by atoms with Gasteiger partial charge in [-0.25, -0.2) is 4.98 Å². The number of hydrogen-bond donors (Lipinski definition) is 0. The number of hydrogen-bond acceptors (Lipinski definition) is 4. The lowest BCUT2D eigenvalue weighted by Gasteiger charge is -2.33. The first-order chi connectivity index (χ1) is 13.1. The summed E-state index contributed by atoms with van der Waals surface area (Å²) in [6, 6.07) is 5.84. The molecule has 2 aliphatic rings. The summed E-state index contributed by atoms with van der Waals surface area (Å²) in [6.45, 7) is 4.19. The molecule has 0 radical (unpaired) electrons. The average molecular weight is 368 g/mol. The third-order valence-electron chi connectivity index (χ3n) is 5.55. The summed E-state index contributed by atoms with van der Waals surface area (Å²) in [5, 5.41) is 0. The highest BCUT2D eigenvalue weighted by Gasteiger charge is 2.28. The lowest BCUT2D eigenvalue weighted by atomic mass is 9.96. The van der Waals surface area contributed by atoms with Gasteiger partial charge in [0.2, 0.25) is 0 Å². The predicted molar refractivity (Wildman–Crippen MR) is 104 cm³/mol. The van der Waals surface area contributed by atoms with E-state index in [1.54, 1.807) is 0 Å². The number of ether oxygens (including phenoxy) is 1. The summed E-state index contributed by atoms with van der Waals surface area (Å²) in [7, 11) is 4.17. The van der Waals surface area contributed by atoms with Crippen LogP contribution in [0.2, 0.25) is 0 Å². The Labute approximate surface area is 160 Å². The van der Waals surface area contributed by atoms with E-state index in [-0.39, 0.29) is 5.91 Å². The molecule has 1 unspecified atom stereocenters. The molecule has 0 bridgehead atoms. The van der Waals surface area contributed by atoms with Gasteiger partial charge in [0.15, 0.2) is 0 Å². The van der Waals surface area contributed by atoms with Crippen molar-refractivity contribution in [2.45, 2.75) is 31.7 Å². The lowest BCUT2D eigenvalue weighted by Crippen LogP contribution is -2.40. The van der Waals surface area contributed by atoms with Crippen LogP contribution >= 0.6 is 0 Å². The quantitative estimate of drug-likeness (QED) is 0.813. The Morgan fingerprint density at radius 1 is 1.37 bits per heavy atom. The fourth-order valence-electron chi connectivity index (χ4n) is 4.05. The van der Waals surface area contributed by atoms with Gasteiger partial charge >= 0.3 is 0 Å². The summed E-state index contributed by atoms with van der Waals surface area (Å²) < 4.78 is 7.80. The Morgan fingerprint density at radius 2 is 2.26 bits per heavy atom. The van der Waals surface area contributed by atoms with Gasteiger partial charge < -0.3 is 19.1 Å². The van der Waals surface area contributed by atoms with Crippen LogP contribution in [0, 0.1) is 0 Å². The Hall–Kier alpha value is -2.34. The summed E-state index contributed by atoms with van der Waals surface area (Å²) in [5.41, 5.74) is 1.92. The second-order valence-electron chi connectivity index (χ2n) is 7.79. The number of benzene rings is 1. The van der Waals surface area contributed by atoms with Gasteiger partial charge in [0.25, 0.3) is 5.91 Å². The Bertz CT molecular complexity index is 814. The Morgan fingerprint density at radius 3 is 3.11 bits per heavy atom. The van der Waals surface area contributed by atoms with Gasteiger partial charge in [-0.2, -0.15) is 0 Å². The molecule has 6 nitrogen and oxygen atoms in total. The molecular formula is C21H28N4O2. The number of nitrogens with zero attached hydrogens (tertiary/aromatic N) is 4. The van der Waals surface area contributed by atoms with Crippen LogP contribution < -0.4 is 4.74 Å². The third kappa shape index (κ3) is 3.86. The first-order valence-corrected chi connectivity index (χ1v) is 9.82. The second kappa shape index (κ2) is 7.72. The van der Waals surface area contributed by atoms with Crippen LogP contribution in [-0.2, 0) is 13.0 Å². The first kappa shape index (κ1) is 18.0. The molecule has 27 heavy (non-hydrogen) atoms. The smallest absolute Gasteiger partial charge is 0.253 e. The maximum Gasteiger partial charge on any atom is 0.253 e. The first-order valence-electron chi connectivity index (χ1n) is 9.82.